The highest BCUT2D eigenvalue weighted by atomic mass is 19.1. The maximum absolute atomic E-state index is 14.2. The normalized spacial score (nSPS) is 28.9. The topological polar surface area (TPSA) is 81.9 Å². The number of hydrogen-bond acceptors (Lipinski definition) is 5. The number of aliphatic hydroxyl groups is 1. The van der Waals surface area contributed by atoms with Gasteiger partial charge in [-0.2, -0.15) is 5.10 Å². The van der Waals surface area contributed by atoms with Crippen LogP contribution in [0.25, 0.3) is 0 Å². The van der Waals surface area contributed by atoms with Crippen LogP contribution < -0.4 is 4.90 Å². The summed E-state index contributed by atoms with van der Waals surface area (Å²) in [4.78, 5) is 33.1. The maximum Gasteiger partial charge on any atom is 0.274 e. The van der Waals surface area contributed by atoms with E-state index >= 15 is 0 Å². The fourth-order valence-corrected chi connectivity index (χ4v) is 7.14. The average Bonchev–Trinajstić information content (AvgIpc) is 3.78. The van der Waals surface area contributed by atoms with Crippen molar-refractivity contribution < 1.29 is 19.1 Å². The van der Waals surface area contributed by atoms with E-state index < -0.39 is 12.3 Å². The third kappa shape index (κ3) is 3.76. The number of piperazine rings is 1. The van der Waals surface area contributed by atoms with Crippen LogP contribution in [0.15, 0.2) is 18.2 Å². The Morgan fingerprint density at radius 2 is 2.00 bits per heavy atom. The summed E-state index contributed by atoms with van der Waals surface area (Å²) in [5.74, 6) is 0.664. The first-order valence-corrected chi connectivity index (χ1v) is 14.1. The summed E-state index contributed by atoms with van der Waals surface area (Å²) in [6.45, 7) is 6.99. The molecule has 2 saturated heterocycles. The quantitative estimate of drug-likeness (QED) is 0.669. The van der Waals surface area contributed by atoms with Crippen molar-refractivity contribution in [3.63, 3.8) is 0 Å². The Morgan fingerprint density at radius 3 is 2.76 bits per heavy atom. The summed E-state index contributed by atoms with van der Waals surface area (Å²) in [5.41, 5.74) is 6.11. The van der Waals surface area contributed by atoms with E-state index in [1.165, 1.54) is 21.7 Å². The molecule has 3 heterocycles. The minimum absolute atomic E-state index is 0.0675. The van der Waals surface area contributed by atoms with Crippen molar-refractivity contribution in [2.45, 2.75) is 76.2 Å². The molecule has 202 valence electrons. The Balaban J connectivity index is 1.10. The van der Waals surface area contributed by atoms with Crippen molar-refractivity contribution in [3.8, 4) is 0 Å². The summed E-state index contributed by atoms with van der Waals surface area (Å²) < 4.78 is 16.0. The Morgan fingerprint density at radius 1 is 1.18 bits per heavy atom. The van der Waals surface area contributed by atoms with Crippen LogP contribution in [0.1, 0.15) is 64.5 Å². The Bertz CT molecular complexity index is 1320. The Hall–Kier alpha value is -2.94. The van der Waals surface area contributed by atoms with Gasteiger partial charge in [-0.05, 0) is 75.0 Å². The first-order chi connectivity index (χ1) is 18.3. The predicted octanol–water partition coefficient (Wildman–Crippen LogP) is 2.59. The second kappa shape index (κ2) is 8.53. The largest absolute Gasteiger partial charge is 0.390 e. The summed E-state index contributed by atoms with van der Waals surface area (Å²) >= 11 is 0. The minimum atomic E-state index is -1.44. The molecule has 4 fully saturated rings. The van der Waals surface area contributed by atoms with E-state index in [4.69, 9.17) is 5.10 Å². The number of halogens is 1. The lowest BCUT2D eigenvalue weighted by Crippen LogP contribution is -2.58. The molecular formula is C29H36FN5O3. The number of likely N-dealkylation sites (tertiary alicyclic amines) is 1. The number of benzene rings is 1. The number of piperidine rings is 1. The van der Waals surface area contributed by atoms with Gasteiger partial charge < -0.3 is 19.8 Å². The predicted molar refractivity (Wildman–Crippen MR) is 140 cm³/mol. The lowest BCUT2D eigenvalue weighted by molar-refractivity contribution is -0.135. The zero-order valence-electron chi connectivity index (χ0n) is 22.2. The SMILES string of the molecule is Cc1cccc(N2CCN(C(=O)Cn3nc(C(=O)N4CC[C@H](O)[C@H](F)C4)c4c3C[C@H]3C[C@@H]43)C3(CC3)C2)c1C. The number of carbonyl (C=O) groups excluding carboxylic acids is 2. The highest BCUT2D eigenvalue weighted by molar-refractivity contribution is 5.95. The van der Waals surface area contributed by atoms with Crippen LogP contribution in [0.4, 0.5) is 10.1 Å². The first-order valence-electron chi connectivity index (χ1n) is 14.1. The van der Waals surface area contributed by atoms with E-state index in [1.807, 2.05) is 0 Å². The molecule has 5 aliphatic rings. The molecule has 9 heteroatoms. The minimum Gasteiger partial charge on any atom is -0.390 e. The van der Waals surface area contributed by atoms with E-state index in [2.05, 4.69) is 41.8 Å². The molecule has 1 spiro atoms. The lowest BCUT2D eigenvalue weighted by atomic mass is 10.0. The summed E-state index contributed by atoms with van der Waals surface area (Å²) in [5, 5.41) is 14.5. The van der Waals surface area contributed by atoms with Gasteiger partial charge >= 0.3 is 0 Å². The Kier molecular flexibility index (Phi) is 5.42. The number of anilines is 1. The monoisotopic (exact) mass is 521 g/mol. The van der Waals surface area contributed by atoms with Crippen molar-refractivity contribution in [1.82, 2.24) is 19.6 Å². The smallest absolute Gasteiger partial charge is 0.274 e. The van der Waals surface area contributed by atoms with Gasteiger partial charge in [0.25, 0.3) is 5.91 Å². The molecule has 2 amide bonds. The molecule has 2 saturated carbocycles. The van der Waals surface area contributed by atoms with Crippen LogP contribution in [0, 0.1) is 19.8 Å². The van der Waals surface area contributed by atoms with Crippen LogP contribution in [-0.4, -0.2) is 87.0 Å². The zero-order valence-corrected chi connectivity index (χ0v) is 22.2. The van der Waals surface area contributed by atoms with Crippen molar-refractivity contribution in [2.24, 2.45) is 5.92 Å². The number of amides is 2. The van der Waals surface area contributed by atoms with E-state index in [-0.39, 0.29) is 36.9 Å². The molecule has 0 bridgehead atoms. The van der Waals surface area contributed by atoms with E-state index in [0.29, 0.717) is 30.6 Å². The van der Waals surface area contributed by atoms with Gasteiger partial charge in [0.05, 0.1) is 18.2 Å². The molecule has 0 radical (unpaired) electrons. The highest BCUT2D eigenvalue weighted by Crippen LogP contribution is 2.57. The maximum atomic E-state index is 14.2. The fraction of sp³-hybridized carbons (Fsp3) is 0.621. The molecule has 1 N–H and O–H groups in total. The molecule has 0 unspecified atom stereocenters. The van der Waals surface area contributed by atoms with Crippen molar-refractivity contribution in [2.75, 3.05) is 37.6 Å². The number of aryl methyl sites for hydroxylation is 1. The number of rotatable bonds is 4. The summed E-state index contributed by atoms with van der Waals surface area (Å²) in [6, 6.07) is 6.43. The van der Waals surface area contributed by atoms with E-state index in [1.54, 1.807) is 4.68 Å². The van der Waals surface area contributed by atoms with E-state index in [9.17, 15) is 19.1 Å². The molecular weight excluding hydrogens is 485 g/mol. The zero-order chi connectivity index (χ0) is 26.3. The van der Waals surface area contributed by atoms with Crippen LogP contribution in [0.5, 0.6) is 0 Å². The summed E-state index contributed by atoms with van der Waals surface area (Å²) in [7, 11) is 0. The molecule has 1 aromatic carbocycles. The van der Waals surface area contributed by atoms with Crippen LogP contribution in [0.3, 0.4) is 0 Å². The number of aliphatic hydroxyl groups excluding tert-OH is 1. The number of aromatic nitrogens is 2. The first kappa shape index (κ1) is 24.1. The van der Waals surface area contributed by atoms with Crippen molar-refractivity contribution in [1.29, 1.82) is 0 Å². The van der Waals surface area contributed by atoms with Gasteiger partial charge in [0.2, 0.25) is 5.91 Å². The molecule has 2 aliphatic heterocycles. The Labute approximate surface area is 222 Å². The standard InChI is InChI=1S/C29H36FN5O3/c1-17-4-3-5-22(18(17)2)33-10-11-34(29(16-33)7-8-29)25(37)15-35-23-13-19-12-20(19)26(23)27(31-35)28(38)32-9-6-24(36)21(30)14-32/h3-5,19-21,24,36H,6-16H2,1-2H3/t19-,20-,21-,24+/m1/s1. The highest BCUT2D eigenvalue weighted by Gasteiger charge is 2.54. The second-order valence-electron chi connectivity index (χ2n) is 12.2. The number of fused-ring (bicyclic) bond motifs is 3. The molecule has 2 aromatic rings. The van der Waals surface area contributed by atoms with E-state index in [0.717, 1.165) is 50.0 Å². The molecule has 3 aliphatic carbocycles. The van der Waals surface area contributed by atoms with Crippen molar-refractivity contribution >= 4 is 17.5 Å². The number of hydrogen-bond donors (Lipinski definition) is 1. The van der Waals surface area contributed by atoms with Crippen LogP contribution in [0.2, 0.25) is 0 Å². The van der Waals surface area contributed by atoms with Gasteiger partial charge in [0.1, 0.15) is 12.7 Å². The lowest BCUT2D eigenvalue weighted by Gasteiger charge is -2.44. The van der Waals surface area contributed by atoms with Gasteiger partial charge in [0.15, 0.2) is 5.69 Å². The van der Waals surface area contributed by atoms with Gasteiger partial charge in [-0.3, -0.25) is 14.3 Å². The fourth-order valence-electron chi connectivity index (χ4n) is 7.14. The van der Waals surface area contributed by atoms with Gasteiger partial charge in [-0.25, -0.2) is 4.39 Å². The van der Waals surface area contributed by atoms with Gasteiger partial charge in [-0.15, -0.1) is 0 Å². The van der Waals surface area contributed by atoms with Crippen LogP contribution in [-0.2, 0) is 17.8 Å². The van der Waals surface area contributed by atoms with Crippen molar-refractivity contribution in [3.05, 3.63) is 46.3 Å². The third-order valence-corrected chi connectivity index (χ3v) is 9.83. The molecule has 7 rings (SSSR count). The number of nitrogens with zero attached hydrogens (tertiary/aromatic N) is 5. The second-order valence-corrected chi connectivity index (χ2v) is 12.2. The van der Waals surface area contributed by atoms with Crippen LogP contribution >= 0.6 is 0 Å². The molecule has 4 atom stereocenters. The third-order valence-electron chi connectivity index (χ3n) is 9.83. The summed E-state index contributed by atoms with van der Waals surface area (Å²) in [6.07, 6.45) is 1.71. The van der Waals surface area contributed by atoms with Gasteiger partial charge in [0, 0.05) is 43.1 Å². The average molecular weight is 522 g/mol. The van der Waals surface area contributed by atoms with Gasteiger partial charge in [-0.1, -0.05) is 12.1 Å². The molecule has 8 nitrogen and oxygen atoms in total. The molecule has 38 heavy (non-hydrogen) atoms. The number of alkyl halides is 1. The molecule has 1 aromatic heterocycles. The number of carbonyl (C=O) groups is 2.